The summed E-state index contributed by atoms with van der Waals surface area (Å²) in [6.07, 6.45) is 1.57. The Morgan fingerprint density at radius 2 is 1.89 bits per heavy atom. The van der Waals surface area contributed by atoms with Crippen molar-refractivity contribution >= 4 is 17.6 Å². The molecule has 0 aromatic heterocycles. The lowest BCUT2D eigenvalue weighted by Crippen LogP contribution is -2.29. The van der Waals surface area contributed by atoms with Gasteiger partial charge in [0.15, 0.2) is 0 Å². The predicted octanol–water partition coefficient (Wildman–Crippen LogP) is 1.77. The Bertz CT molecular complexity index is 451. The summed E-state index contributed by atoms with van der Waals surface area (Å²) in [4.78, 5) is 24.5. The van der Waals surface area contributed by atoms with Crippen LogP contribution in [0.2, 0.25) is 0 Å². The van der Waals surface area contributed by atoms with Gasteiger partial charge in [-0.15, -0.1) is 0 Å². The fraction of sp³-hybridized carbons (Fsp3) is 0.429. The van der Waals surface area contributed by atoms with Gasteiger partial charge in [-0.25, -0.2) is 0 Å². The number of cyclic esters (lactones) is 2. The lowest BCUT2D eigenvalue weighted by Gasteiger charge is -2.19. The van der Waals surface area contributed by atoms with Gasteiger partial charge in [0.25, 0.3) is 0 Å². The van der Waals surface area contributed by atoms with Crippen LogP contribution in [0.4, 0.5) is 5.69 Å². The summed E-state index contributed by atoms with van der Waals surface area (Å²) in [5.74, 6) is -0.977. The van der Waals surface area contributed by atoms with Crippen molar-refractivity contribution in [1.29, 1.82) is 0 Å². The minimum Gasteiger partial charge on any atom is -0.393 e. The minimum atomic E-state index is -0.404. The Morgan fingerprint density at radius 3 is 2.44 bits per heavy atom. The molecule has 1 aliphatic rings. The van der Waals surface area contributed by atoms with Crippen molar-refractivity contribution in [1.82, 2.24) is 0 Å². The first-order valence-corrected chi connectivity index (χ1v) is 6.07. The van der Waals surface area contributed by atoms with Crippen molar-refractivity contribution in [3.63, 3.8) is 0 Å². The number of esters is 2. The molecular weight excluding hydrogens is 230 g/mol. The van der Waals surface area contributed by atoms with E-state index >= 15 is 0 Å². The molecule has 0 spiro atoms. The minimum absolute atomic E-state index is 0.187. The van der Waals surface area contributed by atoms with Crippen molar-refractivity contribution in [3.8, 4) is 0 Å². The fourth-order valence-electron chi connectivity index (χ4n) is 2.06. The molecule has 4 heteroatoms. The highest BCUT2D eigenvalue weighted by Crippen LogP contribution is 2.22. The van der Waals surface area contributed by atoms with E-state index < -0.39 is 5.97 Å². The molecule has 0 aliphatic carbocycles. The highest BCUT2D eigenvalue weighted by atomic mass is 16.6. The normalized spacial score (nSPS) is 19.6. The molecule has 1 unspecified atom stereocenters. The first-order chi connectivity index (χ1) is 8.56. The second-order valence-electron chi connectivity index (χ2n) is 4.79. The third-order valence-electron chi connectivity index (χ3n) is 3.18. The molecule has 1 fully saturated rings. The molecule has 1 atom stereocenters. The summed E-state index contributed by atoms with van der Waals surface area (Å²) in [5, 5.41) is 0. The molecule has 0 radical (unpaired) electrons. The van der Waals surface area contributed by atoms with E-state index in [0.717, 1.165) is 11.3 Å². The lowest BCUT2D eigenvalue weighted by atomic mass is 9.93. The molecule has 1 heterocycles. The molecule has 0 N–H and O–H groups in total. The van der Waals surface area contributed by atoms with Crippen molar-refractivity contribution in [2.24, 2.45) is 5.92 Å². The Hall–Kier alpha value is -1.84. The number of ether oxygens (including phenoxy) is 1. The van der Waals surface area contributed by atoms with Crippen LogP contribution in [0.5, 0.6) is 0 Å². The Morgan fingerprint density at radius 1 is 1.22 bits per heavy atom. The number of rotatable bonds is 3. The predicted molar refractivity (Wildman–Crippen MR) is 68.3 cm³/mol. The zero-order chi connectivity index (χ0) is 13.1. The molecule has 2 rings (SSSR count). The van der Waals surface area contributed by atoms with E-state index in [4.69, 9.17) is 0 Å². The average molecular weight is 247 g/mol. The van der Waals surface area contributed by atoms with E-state index in [2.05, 4.69) is 4.74 Å². The number of hydrogen-bond acceptors (Lipinski definition) is 4. The molecule has 0 bridgehead atoms. The number of benzene rings is 1. The van der Waals surface area contributed by atoms with Gasteiger partial charge in [0.1, 0.15) is 0 Å². The number of anilines is 1. The summed E-state index contributed by atoms with van der Waals surface area (Å²) < 4.78 is 4.65. The second-order valence-corrected chi connectivity index (χ2v) is 4.79. The Labute approximate surface area is 107 Å². The standard InChI is InChI=1S/C14H17NO3/c1-15(2)12-6-3-10(4-7-12)9-11-5-8-13(16)18-14(11)17/h3-4,6-7,11H,5,8-9H2,1-2H3. The van der Waals surface area contributed by atoms with Gasteiger partial charge in [0.05, 0.1) is 5.92 Å². The average Bonchev–Trinajstić information content (AvgIpc) is 2.33. The molecule has 4 nitrogen and oxygen atoms in total. The fourth-order valence-corrected chi connectivity index (χ4v) is 2.06. The van der Waals surface area contributed by atoms with Crippen molar-refractivity contribution in [2.75, 3.05) is 19.0 Å². The van der Waals surface area contributed by atoms with E-state index in [0.29, 0.717) is 19.3 Å². The topological polar surface area (TPSA) is 46.6 Å². The van der Waals surface area contributed by atoms with Crippen molar-refractivity contribution < 1.29 is 14.3 Å². The molecule has 96 valence electrons. The number of carbonyl (C=O) groups excluding carboxylic acids is 2. The monoisotopic (exact) mass is 247 g/mol. The zero-order valence-corrected chi connectivity index (χ0v) is 10.7. The number of carbonyl (C=O) groups is 2. The quantitative estimate of drug-likeness (QED) is 0.603. The Kier molecular flexibility index (Phi) is 3.65. The molecular formula is C14H17NO3. The summed E-state index contributed by atoms with van der Waals surface area (Å²) in [5.41, 5.74) is 2.22. The third-order valence-corrected chi connectivity index (χ3v) is 3.18. The molecule has 18 heavy (non-hydrogen) atoms. The van der Waals surface area contributed by atoms with E-state index in [1.54, 1.807) is 0 Å². The largest absolute Gasteiger partial charge is 0.393 e. The van der Waals surface area contributed by atoms with Crippen LogP contribution >= 0.6 is 0 Å². The summed E-state index contributed by atoms with van der Waals surface area (Å²) in [6.45, 7) is 0. The maximum Gasteiger partial charge on any atom is 0.316 e. The molecule has 0 saturated carbocycles. The first kappa shape index (κ1) is 12.6. The highest BCUT2D eigenvalue weighted by Gasteiger charge is 2.28. The van der Waals surface area contributed by atoms with Gasteiger partial charge in [-0.2, -0.15) is 0 Å². The van der Waals surface area contributed by atoms with Crippen LogP contribution in [0, 0.1) is 5.92 Å². The maximum absolute atomic E-state index is 11.5. The van der Waals surface area contributed by atoms with Crippen LogP contribution in [-0.2, 0) is 20.7 Å². The van der Waals surface area contributed by atoms with Gasteiger partial charge in [0, 0.05) is 26.2 Å². The number of nitrogens with zero attached hydrogens (tertiary/aromatic N) is 1. The van der Waals surface area contributed by atoms with Gasteiger partial charge in [-0.3, -0.25) is 9.59 Å². The van der Waals surface area contributed by atoms with Crippen molar-refractivity contribution in [2.45, 2.75) is 19.3 Å². The lowest BCUT2D eigenvalue weighted by molar-refractivity contribution is -0.167. The summed E-state index contributed by atoms with van der Waals surface area (Å²) >= 11 is 0. The zero-order valence-electron chi connectivity index (χ0n) is 10.7. The van der Waals surface area contributed by atoms with E-state index in [1.807, 2.05) is 43.3 Å². The smallest absolute Gasteiger partial charge is 0.316 e. The van der Waals surface area contributed by atoms with Crippen LogP contribution in [0.3, 0.4) is 0 Å². The van der Waals surface area contributed by atoms with Crippen molar-refractivity contribution in [3.05, 3.63) is 29.8 Å². The van der Waals surface area contributed by atoms with E-state index in [1.165, 1.54) is 0 Å². The summed E-state index contributed by atoms with van der Waals surface area (Å²) in [7, 11) is 3.97. The molecule has 1 aromatic rings. The SMILES string of the molecule is CN(C)c1ccc(CC2CCC(=O)OC2=O)cc1. The van der Waals surface area contributed by atoms with Gasteiger partial charge in [-0.1, -0.05) is 12.1 Å². The second kappa shape index (κ2) is 5.21. The van der Waals surface area contributed by atoms with Gasteiger partial charge in [0.2, 0.25) is 0 Å². The highest BCUT2D eigenvalue weighted by molar-refractivity contribution is 5.89. The van der Waals surface area contributed by atoms with E-state index in [-0.39, 0.29) is 11.9 Å². The Balaban J connectivity index is 2.01. The van der Waals surface area contributed by atoms with Gasteiger partial charge < -0.3 is 9.64 Å². The molecule has 1 aliphatic heterocycles. The van der Waals surface area contributed by atoms with Crippen LogP contribution in [0.15, 0.2) is 24.3 Å². The van der Waals surface area contributed by atoms with Gasteiger partial charge >= 0.3 is 11.9 Å². The summed E-state index contributed by atoms with van der Waals surface area (Å²) in [6, 6.07) is 8.07. The molecule has 1 aromatic carbocycles. The van der Waals surface area contributed by atoms with Crippen LogP contribution < -0.4 is 4.90 Å². The van der Waals surface area contributed by atoms with Crippen LogP contribution in [0.1, 0.15) is 18.4 Å². The van der Waals surface area contributed by atoms with Crippen LogP contribution in [-0.4, -0.2) is 26.0 Å². The molecule has 1 saturated heterocycles. The maximum atomic E-state index is 11.5. The third kappa shape index (κ3) is 2.88. The van der Waals surface area contributed by atoms with E-state index in [9.17, 15) is 9.59 Å². The van der Waals surface area contributed by atoms with Crippen LogP contribution in [0.25, 0.3) is 0 Å². The first-order valence-electron chi connectivity index (χ1n) is 6.07. The van der Waals surface area contributed by atoms with Gasteiger partial charge in [-0.05, 0) is 30.5 Å². The number of hydrogen-bond donors (Lipinski definition) is 0. The molecule has 0 amide bonds.